The average molecular weight is 478 g/mol. The largest absolute Gasteiger partial charge is 0.395 e. The van der Waals surface area contributed by atoms with Gasteiger partial charge in [0.15, 0.2) is 5.69 Å². The molecular weight excluding hydrogens is 449 g/mol. The summed E-state index contributed by atoms with van der Waals surface area (Å²) in [5.41, 5.74) is 10.8. The first-order valence-corrected chi connectivity index (χ1v) is 11.3. The fraction of sp³-hybridized carbons (Fsp3) is 0.455. The Hall–Kier alpha value is -3.05. The minimum absolute atomic E-state index is 0.00235. The molecule has 1 aliphatic heterocycles. The van der Waals surface area contributed by atoms with E-state index in [1.54, 1.807) is 0 Å². The van der Waals surface area contributed by atoms with Crippen LogP contribution in [0.4, 0.5) is 10.1 Å². The number of halogens is 1. The lowest BCUT2D eigenvalue weighted by Gasteiger charge is -2.34. The molecule has 2 heterocycles. The van der Waals surface area contributed by atoms with Crippen LogP contribution in [-0.4, -0.2) is 51.8 Å². The van der Waals surface area contributed by atoms with Crippen molar-refractivity contribution in [2.75, 3.05) is 18.9 Å². The number of carbonyl (C=O) groups is 3. The summed E-state index contributed by atoms with van der Waals surface area (Å²) in [5.74, 6) is -2.36. The Bertz CT molecular complexity index is 1030. The van der Waals surface area contributed by atoms with Crippen molar-refractivity contribution < 1.29 is 23.5 Å². The normalized spacial score (nSPS) is 16.9. The molecule has 178 valence electrons. The maximum absolute atomic E-state index is 13.7. The molecule has 2 aromatic rings. The molecule has 1 aliphatic rings. The van der Waals surface area contributed by atoms with E-state index in [9.17, 15) is 18.8 Å². The number of carbonyl (C=O) groups excluding carboxylic acids is 3. The number of ether oxygens (including phenoxy) is 1. The van der Waals surface area contributed by atoms with Gasteiger partial charge in [0, 0.05) is 18.7 Å². The summed E-state index contributed by atoms with van der Waals surface area (Å²) in [7, 11) is 0. The second kappa shape index (κ2) is 9.84. The highest BCUT2D eigenvalue weighted by Gasteiger charge is 2.37. The maximum atomic E-state index is 13.7. The summed E-state index contributed by atoms with van der Waals surface area (Å²) >= 11 is 0.739. The highest BCUT2D eigenvalue weighted by atomic mass is 32.1. The van der Waals surface area contributed by atoms with Crippen molar-refractivity contribution in [3.8, 4) is 0 Å². The highest BCUT2D eigenvalue weighted by molar-refractivity contribution is 7.09. The number of anilines is 1. The third-order valence-electron chi connectivity index (χ3n) is 5.08. The van der Waals surface area contributed by atoms with Gasteiger partial charge < -0.3 is 26.4 Å². The van der Waals surface area contributed by atoms with E-state index < -0.39 is 35.1 Å². The smallest absolute Gasteiger partial charge is 0.270 e. The van der Waals surface area contributed by atoms with Crippen LogP contribution in [0.2, 0.25) is 0 Å². The number of nitrogens with one attached hydrogen (secondary N) is 1. The molecule has 5 N–H and O–H groups in total. The van der Waals surface area contributed by atoms with Crippen molar-refractivity contribution in [3.05, 3.63) is 46.2 Å². The number of hydrogen-bond acceptors (Lipinski definition) is 7. The molecule has 0 spiro atoms. The van der Waals surface area contributed by atoms with Gasteiger partial charge >= 0.3 is 0 Å². The van der Waals surface area contributed by atoms with Crippen molar-refractivity contribution in [1.29, 1.82) is 0 Å². The Labute approximate surface area is 195 Å². The molecule has 0 saturated carbocycles. The van der Waals surface area contributed by atoms with Gasteiger partial charge in [-0.3, -0.25) is 14.4 Å². The summed E-state index contributed by atoms with van der Waals surface area (Å²) in [6.45, 7) is 6.11. The second-order valence-corrected chi connectivity index (χ2v) is 9.70. The summed E-state index contributed by atoms with van der Waals surface area (Å²) < 4.78 is 23.3. The van der Waals surface area contributed by atoms with Gasteiger partial charge in [0.05, 0.1) is 11.8 Å². The van der Waals surface area contributed by atoms with Gasteiger partial charge in [-0.05, 0) is 62.8 Å². The number of benzene rings is 1. The van der Waals surface area contributed by atoms with E-state index in [2.05, 4.69) is 9.69 Å². The Morgan fingerprint density at radius 2 is 1.97 bits per heavy atom. The molecule has 2 unspecified atom stereocenters. The standard InChI is InChI=1S/C22H28FN5O4S/c1-22(2,3)26-20(30)17(12-6-8-13(23)9-7-12)28(11-14-5-4-10-32-14)21(31)18-15(24)16(19(25)29)27-33-18/h6-9,14,17H,4-5,10-11,24H2,1-3H3,(H2,25,29)(H,26,30). The lowest BCUT2D eigenvalue weighted by Crippen LogP contribution is -2.50. The molecule has 33 heavy (non-hydrogen) atoms. The SMILES string of the molecule is CC(C)(C)NC(=O)C(c1ccc(F)cc1)N(CC1CCCO1)C(=O)c1snc(C(N)=O)c1N. The van der Waals surface area contributed by atoms with E-state index >= 15 is 0 Å². The molecule has 9 nitrogen and oxygen atoms in total. The van der Waals surface area contributed by atoms with Crippen LogP contribution in [0, 0.1) is 5.82 Å². The van der Waals surface area contributed by atoms with E-state index in [0.29, 0.717) is 18.6 Å². The summed E-state index contributed by atoms with van der Waals surface area (Å²) in [4.78, 5) is 40.1. The number of rotatable bonds is 7. The molecule has 11 heteroatoms. The fourth-order valence-corrected chi connectivity index (χ4v) is 4.39. The van der Waals surface area contributed by atoms with E-state index in [4.69, 9.17) is 16.2 Å². The molecule has 1 aromatic carbocycles. The third-order valence-corrected chi connectivity index (χ3v) is 5.94. The van der Waals surface area contributed by atoms with E-state index in [-0.39, 0.29) is 28.9 Å². The number of nitrogens with zero attached hydrogens (tertiary/aromatic N) is 2. The Morgan fingerprint density at radius 3 is 2.48 bits per heavy atom. The van der Waals surface area contributed by atoms with E-state index in [1.165, 1.54) is 29.2 Å². The number of hydrogen-bond donors (Lipinski definition) is 3. The Balaban J connectivity index is 2.08. The van der Waals surface area contributed by atoms with Gasteiger partial charge in [0.25, 0.3) is 11.8 Å². The van der Waals surface area contributed by atoms with Crippen LogP contribution < -0.4 is 16.8 Å². The Morgan fingerprint density at radius 1 is 1.30 bits per heavy atom. The van der Waals surface area contributed by atoms with Crippen LogP contribution in [0.3, 0.4) is 0 Å². The Kier molecular flexibility index (Phi) is 7.33. The molecule has 1 saturated heterocycles. The van der Waals surface area contributed by atoms with Crippen molar-refractivity contribution in [2.24, 2.45) is 5.73 Å². The fourth-order valence-electron chi connectivity index (χ4n) is 3.63. The molecule has 0 bridgehead atoms. The first-order valence-electron chi connectivity index (χ1n) is 10.5. The molecule has 0 radical (unpaired) electrons. The predicted octanol–water partition coefficient (Wildman–Crippen LogP) is 2.24. The van der Waals surface area contributed by atoms with Crippen molar-refractivity contribution in [3.63, 3.8) is 0 Å². The molecular formula is C22H28FN5O4S. The number of nitrogens with two attached hydrogens (primary N) is 2. The number of amides is 3. The van der Waals surface area contributed by atoms with E-state index in [0.717, 1.165) is 18.0 Å². The highest BCUT2D eigenvalue weighted by Crippen LogP contribution is 2.31. The van der Waals surface area contributed by atoms with Gasteiger partial charge in [-0.2, -0.15) is 4.37 Å². The first-order chi connectivity index (χ1) is 15.5. The first kappa shape index (κ1) is 24.6. The summed E-state index contributed by atoms with van der Waals surface area (Å²) in [6, 6.07) is 4.28. The van der Waals surface area contributed by atoms with Gasteiger partial charge in [-0.15, -0.1) is 0 Å². The van der Waals surface area contributed by atoms with Crippen LogP contribution >= 0.6 is 11.5 Å². The molecule has 0 aliphatic carbocycles. The molecule has 3 rings (SSSR count). The zero-order valence-electron chi connectivity index (χ0n) is 18.8. The molecule has 2 atom stereocenters. The van der Waals surface area contributed by atoms with Crippen LogP contribution in [0.25, 0.3) is 0 Å². The zero-order chi connectivity index (χ0) is 24.3. The molecule has 3 amide bonds. The topological polar surface area (TPSA) is 141 Å². The van der Waals surface area contributed by atoms with Crippen LogP contribution in [-0.2, 0) is 9.53 Å². The predicted molar refractivity (Wildman–Crippen MR) is 122 cm³/mol. The minimum Gasteiger partial charge on any atom is -0.395 e. The van der Waals surface area contributed by atoms with Crippen molar-refractivity contribution in [1.82, 2.24) is 14.6 Å². The summed E-state index contributed by atoms with van der Waals surface area (Å²) in [6.07, 6.45) is 1.26. The van der Waals surface area contributed by atoms with Crippen LogP contribution in [0.15, 0.2) is 24.3 Å². The lowest BCUT2D eigenvalue weighted by molar-refractivity contribution is -0.127. The zero-order valence-corrected chi connectivity index (χ0v) is 19.6. The minimum atomic E-state index is -1.10. The van der Waals surface area contributed by atoms with Gasteiger partial charge in [-0.25, -0.2) is 4.39 Å². The van der Waals surface area contributed by atoms with Crippen LogP contribution in [0.1, 0.15) is 65.4 Å². The molecule has 1 aromatic heterocycles. The van der Waals surface area contributed by atoms with Crippen molar-refractivity contribution in [2.45, 2.75) is 51.3 Å². The number of nitrogen functional groups attached to an aromatic ring is 1. The number of primary amides is 1. The van der Waals surface area contributed by atoms with Gasteiger partial charge in [-0.1, -0.05) is 12.1 Å². The quantitative estimate of drug-likeness (QED) is 0.559. The van der Waals surface area contributed by atoms with Gasteiger partial charge in [0.2, 0.25) is 5.91 Å². The van der Waals surface area contributed by atoms with E-state index in [1.807, 2.05) is 20.8 Å². The monoisotopic (exact) mass is 477 g/mol. The average Bonchev–Trinajstić information content (AvgIpc) is 3.36. The second-order valence-electron chi connectivity index (χ2n) is 8.92. The van der Waals surface area contributed by atoms with Gasteiger partial charge in [0.1, 0.15) is 16.7 Å². The summed E-state index contributed by atoms with van der Waals surface area (Å²) in [5, 5.41) is 2.90. The lowest BCUT2D eigenvalue weighted by atomic mass is 10.0. The van der Waals surface area contributed by atoms with Crippen molar-refractivity contribution >= 4 is 34.9 Å². The number of aromatic nitrogens is 1. The van der Waals surface area contributed by atoms with Crippen LogP contribution in [0.5, 0.6) is 0 Å². The maximum Gasteiger partial charge on any atom is 0.270 e. The third kappa shape index (κ3) is 5.85. The molecule has 1 fully saturated rings.